The fraction of sp³-hybridized carbons (Fsp3) is 0.231. The Bertz CT molecular complexity index is 667. The molecule has 1 amide bonds. The van der Waals surface area contributed by atoms with E-state index in [1.54, 1.807) is 13.8 Å². The quantitative estimate of drug-likeness (QED) is 0.903. The summed E-state index contributed by atoms with van der Waals surface area (Å²) in [4.78, 5) is 11.8. The second-order valence-corrected chi connectivity index (χ2v) is 4.41. The number of amides is 1. The molecule has 0 spiro atoms. The lowest BCUT2D eigenvalue weighted by atomic mass is 10.3. The van der Waals surface area contributed by atoms with Gasteiger partial charge < -0.3 is 11.1 Å². The van der Waals surface area contributed by atoms with E-state index in [4.69, 9.17) is 5.73 Å². The minimum absolute atomic E-state index is 0.125. The number of aromatic nitrogens is 2. The van der Waals surface area contributed by atoms with Crippen LogP contribution < -0.4 is 11.1 Å². The van der Waals surface area contributed by atoms with Crippen molar-refractivity contribution >= 4 is 17.3 Å². The van der Waals surface area contributed by atoms with Gasteiger partial charge in [0, 0.05) is 6.07 Å². The number of nitrogens with one attached hydrogen (secondary N) is 1. The molecule has 0 aliphatic heterocycles. The van der Waals surface area contributed by atoms with Gasteiger partial charge in [-0.3, -0.25) is 9.48 Å². The molecule has 0 radical (unpaired) electrons. The zero-order valence-electron chi connectivity index (χ0n) is 11.1. The first kappa shape index (κ1) is 14.0. The topological polar surface area (TPSA) is 72.9 Å². The van der Waals surface area contributed by atoms with Crippen molar-refractivity contribution in [3.63, 3.8) is 0 Å². The Morgan fingerprint density at radius 1 is 1.40 bits per heavy atom. The smallest absolute Gasteiger partial charge is 0.246 e. The fourth-order valence-corrected chi connectivity index (χ4v) is 1.78. The normalized spacial score (nSPS) is 10.6. The molecule has 106 valence electrons. The van der Waals surface area contributed by atoms with E-state index in [1.165, 1.54) is 4.68 Å². The third-order valence-electron chi connectivity index (χ3n) is 2.93. The van der Waals surface area contributed by atoms with Crippen LogP contribution >= 0.6 is 0 Å². The van der Waals surface area contributed by atoms with Crippen LogP contribution in [-0.4, -0.2) is 15.7 Å². The van der Waals surface area contributed by atoms with Crippen LogP contribution in [0.5, 0.6) is 0 Å². The average molecular weight is 280 g/mol. The second-order valence-electron chi connectivity index (χ2n) is 4.41. The summed E-state index contributed by atoms with van der Waals surface area (Å²) in [7, 11) is 0. The fourth-order valence-electron chi connectivity index (χ4n) is 1.78. The van der Waals surface area contributed by atoms with Gasteiger partial charge in [-0.15, -0.1) is 0 Å². The van der Waals surface area contributed by atoms with Crippen LogP contribution in [0.4, 0.5) is 20.2 Å². The van der Waals surface area contributed by atoms with Gasteiger partial charge in [0.15, 0.2) is 0 Å². The van der Waals surface area contributed by atoms with Crippen LogP contribution in [0.25, 0.3) is 0 Å². The Morgan fingerprint density at radius 3 is 2.70 bits per heavy atom. The number of carbonyl (C=O) groups is 1. The van der Waals surface area contributed by atoms with Gasteiger partial charge in [-0.2, -0.15) is 5.10 Å². The first-order valence-corrected chi connectivity index (χ1v) is 5.93. The van der Waals surface area contributed by atoms with E-state index in [2.05, 4.69) is 10.4 Å². The molecule has 0 unspecified atom stereocenters. The molecule has 7 heteroatoms. The van der Waals surface area contributed by atoms with Crippen molar-refractivity contribution in [2.75, 3.05) is 11.1 Å². The number of carbonyl (C=O) groups excluding carboxylic acids is 1. The Balaban J connectivity index is 2.13. The average Bonchev–Trinajstić information content (AvgIpc) is 2.61. The third-order valence-corrected chi connectivity index (χ3v) is 2.93. The van der Waals surface area contributed by atoms with E-state index in [-0.39, 0.29) is 12.2 Å². The maximum Gasteiger partial charge on any atom is 0.246 e. The minimum Gasteiger partial charge on any atom is -0.396 e. The summed E-state index contributed by atoms with van der Waals surface area (Å²) >= 11 is 0. The lowest BCUT2D eigenvalue weighted by Gasteiger charge is -2.08. The summed E-state index contributed by atoms with van der Waals surface area (Å²) in [5.41, 5.74) is 7.32. The molecule has 0 aliphatic rings. The number of nitrogens with two attached hydrogens (primary N) is 1. The maximum absolute atomic E-state index is 13.4. The molecule has 0 atom stereocenters. The number of rotatable bonds is 3. The number of halogens is 2. The third kappa shape index (κ3) is 2.76. The van der Waals surface area contributed by atoms with Gasteiger partial charge in [-0.25, -0.2) is 8.78 Å². The first-order chi connectivity index (χ1) is 9.38. The minimum atomic E-state index is -0.701. The highest BCUT2D eigenvalue weighted by Gasteiger charge is 2.13. The van der Waals surface area contributed by atoms with Crippen molar-refractivity contribution in [2.45, 2.75) is 20.4 Å². The van der Waals surface area contributed by atoms with Gasteiger partial charge in [-0.05, 0) is 26.0 Å². The number of aryl methyl sites for hydroxylation is 1. The number of benzene rings is 1. The zero-order valence-corrected chi connectivity index (χ0v) is 11.1. The van der Waals surface area contributed by atoms with E-state index in [0.717, 1.165) is 18.2 Å². The summed E-state index contributed by atoms with van der Waals surface area (Å²) in [6.45, 7) is 3.33. The molecule has 3 N–H and O–H groups in total. The summed E-state index contributed by atoms with van der Waals surface area (Å²) in [5, 5.41) is 6.39. The second kappa shape index (κ2) is 5.28. The van der Waals surface area contributed by atoms with Crippen LogP contribution in [0.1, 0.15) is 11.4 Å². The van der Waals surface area contributed by atoms with Gasteiger partial charge in [-0.1, -0.05) is 0 Å². The van der Waals surface area contributed by atoms with E-state index in [0.29, 0.717) is 17.1 Å². The standard InChI is InChI=1S/C13H14F2N4O/c1-7-13(16)8(2)19(18-7)6-12(20)17-11-5-9(14)3-4-10(11)15/h3-5H,6,16H2,1-2H3,(H,17,20). The molecule has 0 saturated carbocycles. The SMILES string of the molecule is Cc1nn(CC(=O)Nc2cc(F)ccc2F)c(C)c1N. The highest BCUT2D eigenvalue weighted by Crippen LogP contribution is 2.17. The lowest BCUT2D eigenvalue weighted by molar-refractivity contribution is -0.117. The van der Waals surface area contributed by atoms with Crippen LogP contribution in [0.3, 0.4) is 0 Å². The van der Waals surface area contributed by atoms with Crippen molar-refractivity contribution in [1.82, 2.24) is 9.78 Å². The zero-order chi connectivity index (χ0) is 14.9. The Kier molecular flexibility index (Phi) is 3.69. The number of hydrogen-bond donors (Lipinski definition) is 2. The van der Waals surface area contributed by atoms with Crippen molar-refractivity contribution in [1.29, 1.82) is 0 Å². The Labute approximate surface area is 114 Å². The summed E-state index contributed by atoms with van der Waals surface area (Å²) < 4.78 is 27.8. The van der Waals surface area contributed by atoms with E-state index < -0.39 is 17.5 Å². The van der Waals surface area contributed by atoms with Crippen LogP contribution in [0, 0.1) is 25.5 Å². The van der Waals surface area contributed by atoms with E-state index in [1.807, 2.05) is 0 Å². The predicted octanol–water partition coefficient (Wildman–Crippen LogP) is 2.00. The van der Waals surface area contributed by atoms with E-state index in [9.17, 15) is 13.6 Å². The molecule has 0 aliphatic carbocycles. The highest BCUT2D eigenvalue weighted by molar-refractivity contribution is 5.90. The molecule has 1 heterocycles. The number of nitrogens with zero attached hydrogens (tertiary/aromatic N) is 2. The highest BCUT2D eigenvalue weighted by atomic mass is 19.1. The summed E-state index contributed by atoms with van der Waals surface area (Å²) in [6.07, 6.45) is 0. The summed E-state index contributed by atoms with van der Waals surface area (Å²) in [6, 6.07) is 2.85. The molecule has 5 nitrogen and oxygen atoms in total. The van der Waals surface area contributed by atoms with Crippen molar-refractivity contribution in [3.05, 3.63) is 41.2 Å². The molecule has 2 rings (SSSR count). The van der Waals surface area contributed by atoms with Crippen molar-refractivity contribution in [3.8, 4) is 0 Å². The van der Waals surface area contributed by atoms with Gasteiger partial charge in [0.1, 0.15) is 18.2 Å². The molecular weight excluding hydrogens is 266 g/mol. The number of hydrogen-bond acceptors (Lipinski definition) is 3. The first-order valence-electron chi connectivity index (χ1n) is 5.93. The van der Waals surface area contributed by atoms with Gasteiger partial charge in [0.25, 0.3) is 0 Å². The molecule has 1 aromatic heterocycles. The number of nitrogen functional groups attached to an aromatic ring is 1. The van der Waals surface area contributed by atoms with Crippen LogP contribution in [0.2, 0.25) is 0 Å². The maximum atomic E-state index is 13.4. The van der Waals surface area contributed by atoms with Gasteiger partial charge >= 0.3 is 0 Å². The lowest BCUT2D eigenvalue weighted by Crippen LogP contribution is -2.21. The Morgan fingerprint density at radius 2 is 2.10 bits per heavy atom. The molecule has 0 fully saturated rings. The summed E-state index contributed by atoms with van der Waals surface area (Å²) in [5.74, 6) is -1.84. The number of anilines is 2. The van der Waals surface area contributed by atoms with Crippen LogP contribution in [0.15, 0.2) is 18.2 Å². The largest absolute Gasteiger partial charge is 0.396 e. The monoisotopic (exact) mass is 280 g/mol. The van der Waals surface area contributed by atoms with Crippen LogP contribution in [-0.2, 0) is 11.3 Å². The molecule has 0 bridgehead atoms. The van der Waals surface area contributed by atoms with Crippen molar-refractivity contribution < 1.29 is 13.6 Å². The van der Waals surface area contributed by atoms with Gasteiger partial charge in [0.2, 0.25) is 5.91 Å². The van der Waals surface area contributed by atoms with E-state index >= 15 is 0 Å². The molecule has 20 heavy (non-hydrogen) atoms. The van der Waals surface area contributed by atoms with Crippen molar-refractivity contribution in [2.24, 2.45) is 0 Å². The Hall–Kier alpha value is -2.44. The predicted molar refractivity (Wildman–Crippen MR) is 71.1 cm³/mol. The molecule has 2 aromatic rings. The molecule has 1 aromatic carbocycles. The van der Waals surface area contributed by atoms with Gasteiger partial charge in [0.05, 0.1) is 22.8 Å². The molecular formula is C13H14F2N4O. The molecule has 0 saturated heterocycles.